The molecule has 5 heavy (non-hydrogen) atoms. The van der Waals surface area contributed by atoms with E-state index in [9.17, 15) is 9.13 Å². The van der Waals surface area contributed by atoms with Gasteiger partial charge in [-0.1, -0.05) is 0 Å². The van der Waals surface area contributed by atoms with Gasteiger partial charge in [-0.25, -0.2) is 0 Å². The van der Waals surface area contributed by atoms with Crippen molar-refractivity contribution >= 4 is 16.9 Å². The van der Waals surface area contributed by atoms with E-state index in [-0.39, 0.29) is 0 Å². The van der Waals surface area contributed by atoms with E-state index in [4.69, 9.17) is 0 Å². The second-order valence-electron chi connectivity index (χ2n) is 0.240. The van der Waals surface area contributed by atoms with Crippen molar-refractivity contribution in [2.45, 2.75) is 0 Å². The van der Waals surface area contributed by atoms with Crippen LogP contribution in [0.2, 0.25) is 0 Å². The fourth-order valence-electron chi connectivity index (χ4n) is 0. The van der Waals surface area contributed by atoms with Crippen LogP contribution in [0.15, 0.2) is 0 Å². The molecule has 0 aliphatic heterocycles. The van der Waals surface area contributed by atoms with Crippen LogP contribution in [0, 0.1) is 0 Å². The Balaban J connectivity index is 3.69. The zero-order chi connectivity index (χ0) is 4.28. The molecule has 0 aromatic rings. The minimum atomic E-state index is -2.38. The van der Waals surface area contributed by atoms with E-state index in [0.717, 1.165) is 0 Å². The van der Waals surface area contributed by atoms with Crippen LogP contribution in [0.25, 0.3) is 0 Å². The van der Waals surface area contributed by atoms with Gasteiger partial charge in [-0.05, 0) is 0 Å². The van der Waals surface area contributed by atoms with Crippen LogP contribution in [-0.4, -0.2) is 0 Å². The predicted octanol–water partition coefficient (Wildman–Crippen LogP) is 1.27. The summed E-state index contributed by atoms with van der Waals surface area (Å²) in [6.45, 7) is 0. The zero-order valence-corrected chi connectivity index (χ0v) is 4.63. The number of hydrogen-bond acceptors (Lipinski definition) is 3. The van der Waals surface area contributed by atoms with Crippen molar-refractivity contribution in [3.63, 3.8) is 0 Å². The van der Waals surface area contributed by atoms with Gasteiger partial charge in [-0.15, -0.1) is 0 Å². The maximum atomic E-state index is 9.26. The summed E-state index contributed by atoms with van der Waals surface area (Å²) in [6, 6.07) is 0. The Labute approximate surface area is 39.4 Å². The van der Waals surface area contributed by atoms with Gasteiger partial charge in [-0.2, -0.15) is 0 Å². The van der Waals surface area contributed by atoms with Crippen LogP contribution in [0.1, 0.15) is 0 Å². The Morgan fingerprint density at radius 2 is 1.80 bits per heavy atom. The SMILES string of the molecule is O=[P](=O)[Cu]=[S]. The summed E-state index contributed by atoms with van der Waals surface area (Å²) < 4.78 is 18.5. The molecular weight excluding hydrogens is 159 g/mol. The molecular formula is CuO2PS. The second kappa shape index (κ2) is 2.86. The van der Waals surface area contributed by atoms with Gasteiger partial charge in [0.1, 0.15) is 0 Å². The molecule has 0 aromatic heterocycles. The van der Waals surface area contributed by atoms with Crippen LogP contribution in [-0.2, 0) is 22.0 Å². The third-order valence-electron chi connectivity index (χ3n) is 0.0449. The van der Waals surface area contributed by atoms with Gasteiger partial charge in [-0.3, -0.25) is 0 Å². The van der Waals surface area contributed by atoms with Gasteiger partial charge in [0.25, 0.3) is 0 Å². The topological polar surface area (TPSA) is 34.1 Å². The molecule has 0 aliphatic carbocycles. The third kappa shape index (κ3) is 4.64. The van der Waals surface area contributed by atoms with Crippen molar-refractivity contribution in [3.8, 4) is 0 Å². The first-order chi connectivity index (χ1) is 2.27. The molecule has 2 nitrogen and oxygen atoms in total. The van der Waals surface area contributed by atoms with Crippen LogP contribution in [0.4, 0.5) is 0 Å². The fourth-order valence-corrected chi connectivity index (χ4v) is 0. The van der Waals surface area contributed by atoms with E-state index in [1.807, 2.05) is 0 Å². The molecule has 0 unspecified atom stereocenters. The molecule has 0 heterocycles. The first-order valence-corrected chi connectivity index (χ1v) is 4.29. The summed E-state index contributed by atoms with van der Waals surface area (Å²) in [5, 5.41) is 0. The van der Waals surface area contributed by atoms with Gasteiger partial charge in [0, 0.05) is 0 Å². The molecule has 0 aromatic carbocycles. The number of hydrogen-bond donors (Lipinski definition) is 0. The summed E-state index contributed by atoms with van der Waals surface area (Å²) in [5.41, 5.74) is 0. The first kappa shape index (κ1) is 5.64. The van der Waals surface area contributed by atoms with Crippen molar-refractivity contribution in [1.29, 1.82) is 0 Å². The molecule has 0 spiro atoms. The zero-order valence-electron chi connectivity index (χ0n) is 1.97. The maximum absolute atomic E-state index is 9.26. The Kier molecular flexibility index (Phi) is 3.22. The molecule has 0 atom stereocenters. The van der Waals surface area contributed by atoms with Gasteiger partial charge in [0.05, 0.1) is 0 Å². The number of rotatable bonds is 1. The van der Waals surface area contributed by atoms with E-state index >= 15 is 0 Å². The van der Waals surface area contributed by atoms with Gasteiger partial charge in [0.2, 0.25) is 0 Å². The molecule has 0 amide bonds. The summed E-state index contributed by atoms with van der Waals surface area (Å²) in [4.78, 5) is 0. The predicted molar refractivity (Wildman–Crippen MR) is 15.9 cm³/mol. The molecule has 0 aliphatic rings. The molecule has 0 radical (unpaired) electrons. The van der Waals surface area contributed by atoms with Gasteiger partial charge >= 0.3 is 38.9 Å². The summed E-state index contributed by atoms with van der Waals surface area (Å²) in [6.07, 6.45) is -2.38. The Morgan fingerprint density at radius 1 is 1.60 bits per heavy atom. The van der Waals surface area contributed by atoms with Crippen LogP contribution in [0.3, 0.4) is 0 Å². The average molecular weight is 159 g/mol. The third-order valence-corrected chi connectivity index (χ3v) is 1.67. The van der Waals surface area contributed by atoms with Crippen LogP contribution in [0.5, 0.6) is 0 Å². The Bertz CT molecular complexity index is 85.8. The molecule has 0 bridgehead atoms. The van der Waals surface area contributed by atoms with Crippen LogP contribution >= 0.6 is 16.9 Å². The normalized spacial score (nSPS) is 8.00. The van der Waals surface area contributed by atoms with Gasteiger partial charge in [0.15, 0.2) is 0 Å². The van der Waals surface area contributed by atoms with Crippen molar-refractivity contribution in [3.05, 3.63) is 0 Å². The first-order valence-electron chi connectivity index (χ1n) is 0.623. The second-order valence-corrected chi connectivity index (χ2v) is 3.63. The summed E-state index contributed by atoms with van der Waals surface area (Å²) >= 11 is 0.488. The Hall–Kier alpha value is 0.639. The molecule has 0 saturated carbocycles. The standard InChI is InChI=1S/Cu.O2P.S/c;1-3-2;. The van der Waals surface area contributed by atoms with E-state index in [1.165, 1.54) is 0 Å². The van der Waals surface area contributed by atoms with E-state index in [2.05, 4.69) is 10.6 Å². The quantitative estimate of drug-likeness (QED) is 0.426. The van der Waals surface area contributed by atoms with E-state index in [0.29, 0.717) is 12.9 Å². The molecule has 0 N–H and O–H groups in total. The van der Waals surface area contributed by atoms with Crippen molar-refractivity contribution in [2.24, 2.45) is 0 Å². The molecule has 34 valence electrons. The van der Waals surface area contributed by atoms with Crippen LogP contribution < -0.4 is 0 Å². The molecule has 0 fully saturated rings. The van der Waals surface area contributed by atoms with Crippen molar-refractivity contribution in [1.82, 2.24) is 0 Å². The molecule has 0 rings (SSSR count). The molecule has 0 saturated heterocycles. The average Bonchev–Trinajstić information content (AvgIpc) is 1.38. The van der Waals surface area contributed by atoms with Gasteiger partial charge < -0.3 is 0 Å². The van der Waals surface area contributed by atoms with Crippen molar-refractivity contribution in [2.75, 3.05) is 0 Å². The molecule has 5 heteroatoms. The monoisotopic (exact) mass is 158 g/mol. The van der Waals surface area contributed by atoms with Crippen molar-refractivity contribution < 1.29 is 22.0 Å². The minimum absolute atomic E-state index is 0.488. The summed E-state index contributed by atoms with van der Waals surface area (Å²) in [7, 11) is 3.99. The fraction of sp³-hybridized carbons (Fsp3) is 0. The summed E-state index contributed by atoms with van der Waals surface area (Å²) in [5.74, 6) is 0. The Morgan fingerprint density at radius 3 is 1.80 bits per heavy atom. The van der Waals surface area contributed by atoms with E-state index in [1.54, 1.807) is 0 Å². The van der Waals surface area contributed by atoms with E-state index < -0.39 is 6.37 Å².